The van der Waals surface area contributed by atoms with E-state index in [0.29, 0.717) is 22.1 Å². The van der Waals surface area contributed by atoms with Gasteiger partial charge < -0.3 is 14.4 Å². The Morgan fingerprint density at radius 2 is 2.00 bits per heavy atom. The maximum Gasteiger partial charge on any atom is 0.168 e. The summed E-state index contributed by atoms with van der Waals surface area (Å²) in [5.74, 6) is 1.12. The zero-order valence-electron chi connectivity index (χ0n) is 19.2. The minimum Gasteiger partial charge on any atom is -0.349 e. The number of rotatable bonds is 4. The molecule has 1 fully saturated rings. The molecule has 1 atom stereocenters. The van der Waals surface area contributed by atoms with E-state index in [1.807, 2.05) is 30.5 Å². The van der Waals surface area contributed by atoms with E-state index >= 15 is 0 Å². The van der Waals surface area contributed by atoms with Crippen molar-refractivity contribution in [3.05, 3.63) is 71.3 Å². The van der Waals surface area contributed by atoms with Crippen LogP contribution in [0.3, 0.4) is 0 Å². The molecule has 0 saturated carbocycles. The summed E-state index contributed by atoms with van der Waals surface area (Å²) in [6, 6.07) is 12.1. The lowest BCUT2D eigenvalue weighted by Gasteiger charge is -2.26. The van der Waals surface area contributed by atoms with Crippen LogP contribution in [0.25, 0.3) is 28.1 Å². The average molecular weight is 509 g/mol. The highest BCUT2D eigenvalue weighted by Crippen LogP contribution is 2.38. The number of fused-ring (bicyclic) bond motifs is 2. The summed E-state index contributed by atoms with van der Waals surface area (Å²) in [6.07, 6.45) is 5.34. The molecule has 1 aliphatic heterocycles. The van der Waals surface area contributed by atoms with Crippen molar-refractivity contribution >= 4 is 46.5 Å². The summed E-state index contributed by atoms with van der Waals surface area (Å²) in [5.41, 5.74) is 3.58. The maximum absolute atomic E-state index is 14.7. The van der Waals surface area contributed by atoms with Crippen LogP contribution in [0.2, 0.25) is 5.02 Å². The maximum atomic E-state index is 14.7. The highest BCUT2D eigenvalue weighted by molar-refractivity contribution is 7.70. The molecule has 178 valence electrons. The number of nitrogens with zero attached hydrogens (tertiary/aromatic N) is 5. The van der Waals surface area contributed by atoms with E-state index in [1.165, 1.54) is 6.07 Å². The third-order valence-corrected chi connectivity index (χ3v) is 8.32. The standard InChI is InChI=1S/C25H23ClFN6OP/c1-35(2,34)16-6-8-20-21(13-16)30-24(29-20)18-14-28-33-11-9-23(31-25(18)33)32-10-3-4-22(32)17-12-15(26)5-7-19(17)27/h5-9,11-14,22H,3-4,10H2,1-2H3,(H,29,30). The SMILES string of the molecule is CP(C)(=O)c1ccc2nc(-c3cnn4ccc(N5CCCC5c5cc(Cl)ccc5F)nc34)[nH]c2c1. The molecule has 5 aromatic rings. The number of halogens is 2. The summed E-state index contributed by atoms with van der Waals surface area (Å²) >= 11 is 6.17. The fourth-order valence-electron chi connectivity index (χ4n) is 4.78. The van der Waals surface area contributed by atoms with Gasteiger partial charge in [-0.3, -0.25) is 0 Å². The Hall–Kier alpha value is -3.22. The topological polar surface area (TPSA) is 79.2 Å². The normalized spacial score (nSPS) is 16.6. The summed E-state index contributed by atoms with van der Waals surface area (Å²) in [4.78, 5) is 15.1. The molecule has 4 heterocycles. The Morgan fingerprint density at radius 3 is 2.83 bits per heavy atom. The number of H-pyrrole nitrogens is 1. The molecular formula is C25H23ClFN6OP. The fraction of sp³-hybridized carbons (Fsp3) is 0.240. The Balaban J connectivity index is 1.41. The lowest BCUT2D eigenvalue weighted by atomic mass is 10.0. The molecule has 0 aliphatic carbocycles. The monoisotopic (exact) mass is 508 g/mol. The summed E-state index contributed by atoms with van der Waals surface area (Å²) < 4.78 is 28.9. The molecule has 1 N–H and O–H groups in total. The highest BCUT2D eigenvalue weighted by atomic mass is 35.5. The molecule has 6 rings (SSSR count). The van der Waals surface area contributed by atoms with Crippen LogP contribution < -0.4 is 10.2 Å². The van der Waals surface area contributed by atoms with Gasteiger partial charge in [0.15, 0.2) is 5.65 Å². The fourth-order valence-corrected chi connectivity index (χ4v) is 5.83. The number of hydrogen-bond donors (Lipinski definition) is 1. The van der Waals surface area contributed by atoms with Crippen LogP contribution in [0.15, 0.2) is 54.9 Å². The van der Waals surface area contributed by atoms with Crippen LogP contribution in [0, 0.1) is 5.82 Å². The Bertz CT molecular complexity index is 1640. The number of anilines is 1. The zero-order valence-corrected chi connectivity index (χ0v) is 20.9. The van der Waals surface area contributed by atoms with E-state index in [9.17, 15) is 8.96 Å². The van der Waals surface area contributed by atoms with Gasteiger partial charge in [-0.05, 0) is 68.6 Å². The van der Waals surface area contributed by atoms with Crippen molar-refractivity contribution in [2.24, 2.45) is 0 Å². The second-order valence-electron chi connectivity index (χ2n) is 9.27. The van der Waals surface area contributed by atoms with Crippen molar-refractivity contribution in [1.82, 2.24) is 24.6 Å². The van der Waals surface area contributed by atoms with E-state index in [1.54, 1.807) is 36.2 Å². The van der Waals surface area contributed by atoms with Crippen molar-refractivity contribution in [2.45, 2.75) is 18.9 Å². The molecule has 1 aliphatic rings. The van der Waals surface area contributed by atoms with Gasteiger partial charge in [-0.25, -0.2) is 18.9 Å². The number of nitrogens with one attached hydrogen (secondary N) is 1. The molecule has 1 unspecified atom stereocenters. The first-order chi connectivity index (χ1) is 16.8. The second kappa shape index (κ2) is 8.18. The van der Waals surface area contributed by atoms with Crippen LogP contribution in [0.1, 0.15) is 24.4 Å². The smallest absolute Gasteiger partial charge is 0.168 e. The number of imidazole rings is 1. The van der Waals surface area contributed by atoms with E-state index in [-0.39, 0.29) is 11.9 Å². The van der Waals surface area contributed by atoms with Gasteiger partial charge in [0.25, 0.3) is 0 Å². The van der Waals surface area contributed by atoms with E-state index in [0.717, 1.165) is 47.1 Å². The van der Waals surface area contributed by atoms with Gasteiger partial charge in [-0.2, -0.15) is 5.10 Å². The number of benzene rings is 2. The lowest BCUT2D eigenvalue weighted by Crippen LogP contribution is -2.24. The average Bonchev–Trinajstić information content (AvgIpc) is 3.56. The Labute approximate surface area is 206 Å². The van der Waals surface area contributed by atoms with Gasteiger partial charge in [0, 0.05) is 28.6 Å². The summed E-state index contributed by atoms with van der Waals surface area (Å²) in [7, 11) is -2.39. The quantitative estimate of drug-likeness (QED) is 0.317. The Kier molecular flexibility index (Phi) is 5.20. The molecule has 2 aromatic carbocycles. The van der Waals surface area contributed by atoms with Gasteiger partial charge in [-0.15, -0.1) is 0 Å². The van der Waals surface area contributed by atoms with Crippen molar-refractivity contribution in [3.8, 4) is 11.4 Å². The van der Waals surface area contributed by atoms with Crippen LogP contribution in [0.5, 0.6) is 0 Å². The predicted molar refractivity (Wildman–Crippen MR) is 138 cm³/mol. The summed E-state index contributed by atoms with van der Waals surface area (Å²) in [6.45, 7) is 4.27. The van der Waals surface area contributed by atoms with Gasteiger partial charge in [0.2, 0.25) is 0 Å². The third-order valence-electron chi connectivity index (χ3n) is 6.56. The zero-order chi connectivity index (χ0) is 24.3. The highest BCUT2D eigenvalue weighted by Gasteiger charge is 2.30. The molecule has 1 saturated heterocycles. The number of aromatic nitrogens is 5. The Morgan fingerprint density at radius 1 is 1.14 bits per heavy atom. The molecular weight excluding hydrogens is 486 g/mol. The molecule has 3 aromatic heterocycles. The molecule has 0 amide bonds. The van der Waals surface area contributed by atoms with Crippen molar-refractivity contribution in [3.63, 3.8) is 0 Å². The van der Waals surface area contributed by atoms with Gasteiger partial charge in [0.1, 0.15) is 24.6 Å². The van der Waals surface area contributed by atoms with E-state index < -0.39 is 7.14 Å². The van der Waals surface area contributed by atoms with Crippen LogP contribution in [0.4, 0.5) is 10.2 Å². The lowest BCUT2D eigenvalue weighted by molar-refractivity contribution is 0.579. The van der Waals surface area contributed by atoms with Crippen molar-refractivity contribution < 1.29 is 8.96 Å². The van der Waals surface area contributed by atoms with E-state index in [4.69, 9.17) is 21.6 Å². The molecule has 35 heavy (non-hydrogen) atoms. The second-order valence-corrected chi connectivity index (χ2v) is 12.9. The summed E-state index contributed by atoms with van der Waals surface area (Å²) in [5, 5.41) is 5.76. The molecule has 0 spiro atoms. The first-order valence-corrected chi connectivity index (χ1v) is 14.4. The molecule has 10 heteroatoms. The predicted octanol–water partition coefficient (Wildman–Crippen LogP) is 5.65. The molecule has 0 bridgehead atoms. The van der Waals surface area contributed by atoms with Crippen LogP contribution in [-0.4, -0.2) is 44.4 Å². The van der Waals surface area contributed by atoms with Crippen LogP contribution in [-0.2, 0) is 4.57 Å². The minimum absolute atomic E-state index is 0.140. The van der Waals surface area contributed by atoms with Gasteiger partial charge in [0.05, 0.1) is 28.8 Å². The minimum atomic E-state index is -2.39. The number of hydrogen-bond acceptors (Lipinski definition) is 5. The molecule has 7 nitrogen and oxygen atoms in total. The number of aromatic amines is 1. The first-order valence-electron chi connectivity index (χ1n) is 11.4. The van der Waals surface area contributed by atoms with E-state index in [2.05, 4.69) is 15.0 Å². The third kappa shape index (κ3) is 3.91. The van der Waals surface area contributed by atoms with Gasteiger partial charge in [-0.1, -0.05) is 11.6 Å². The van der Waals surface area contributed by atoms with Crippen LogP contribution >= 0.6 is 18.7 Å². The van der Waals surface area contributed by atoms with Crippen molar-refractivity contribution in [2.75, 3.05) is 24.8 Å². The molecule has 0 radical (unpaired) electrons. The van der Waals surface area contributed by atoms with Gasteiger partial charge >= 0.3 is 0 Å². The van der Waals surface area contributed by atoms with Crippen molar-refractivity contribution in [1.29, 1.82) is 0 Å². The largest absolute Gasteiger partial charge is 0.349 e. The first kappa shape index (κ1) is 22.3.